The van der Waals surface area contributed by atoms with E-state index < -0.39 is 0 Å². The Morgan fingerprint density at radius 2 is 1.93 bits per heavy atom. The third kappa shape index (κ3) is 3.97. The molecule has 0 aliphatic carbocycles. The fraction of sp³-hybridized carbons (Fsp3) is 0.682. The van der Waals surface area contributed by atoms with Crippen molar-refractivity contribution in [2.75, 3.05) is 37.7 Å². The average molecular weight is 400 g/mol. The summed E-state index contributed by atoms with van der Waals surface area (Å²) < 4.78 is 7.18. The van der Waals surface area contributed by atoms with E-state index in [9.17, 15) is 4.79 Å². The highest BCUT2D eigenvalue weighted by Gasteiger charge is 2.31. The number of nitrogens with zero attached hydrogens (tertiary/aromatic N) is 5. The van der Waals surface area contributed by atoms with Gasteiger partial charge in [0.05, 0.1) is 23.4 Å². The maximum absolute atomic E-state index is 12.8. The maximum Gasteiger partial charge on any atom is 0.341 e. The zero-order chi connectivity index (χ0) is 20.4. The fourth-order valence-corrected chi connectivity index (χ4v) is 5.00. The number of pyridine rings is 1. The number of carbonyl (C=O) groups is 1. The molecule has 0 aromatic carbocycles. The van der Waals surface area contributed by atoms with Crippen molar-refractivity contribution in [1.82, 2.24) is 19.7 Å². The van der Waals surface area contributed by atoms with Crippen molar-refractivity contribution in [2.45, 2.75) is 58.4 Å². The lowest BCUT2D eigenvalue weighted by molar-refractivity contribution is 0.0526. The van der Waals surface area contributed by atoms with Crippen molar-refractivity contribution < 1.29 is 9.53 Å². The van der Waals surface area contributed by atoms with Gasteiger partial charge in [-0.1, -0.05) is 12.8 Å². The molecule has 0 spiro atoms. The zero-order valence-corrected chi connectivity index (χ0v) is 18.0. The van der Waals surface area contributed by atoms with Gasteiger partial charge < -0.3 is 9.64 Å². The van der Waals surface area contributed by atoms with Crippen LogP contribution in [0.5, 0.6) is 0 Å². The molecule has 2 aliphatic heterocycles. The number of ether oxygens (including phenoxy) is 1. The smallest absolute Gasteiger partial charge is 0.341 e. The van der Waals surface area contributed by atoms with Crippen molar-refractivity contribution >= 4 is 22.7 Å². The Morgan fingerprint density at radius 3 is 2.66 bits per heavy atom. The van der Waals surface area contributed by atoms with E-state index in [2.05, 4.69) is 19.9 Å². The van der Waals surface area contributed by atoms with Gasteiger partial charge in [-0.05, 0) is 52.6 Å². The van der Waals surface area contributed by atoms with Crippen LogP contribution in [-0.4, -0.2) is 64.5 Å². The standard InChI is InChI=1S/C22H33N5O2/c1-4-29-22(28)18-14-23-21-19(16(2)24-25(21)3)20(18)27-13-9-10-17(15-27)26-11-7-5-6-8-12-26/h14,17H,4-13,15H2,1-3H3. The molecule has 2 aromatic heterocycles. The molecule has 0 saturated carbocycles. The predicted octanol–water partition coefficient (Wildman–Crippen LogP) is 3.30. The summed E-state index contributed by atoms with van der Waals surface area (Å²) in [6.45, 7) is 8.48. The van der Waals surface area contributed by atoms with Gasteiger partial charge in [-0.3, -0.25) is 9.58 Å². The van der Waals surface area contributed by atoms with Crippen LogP contribution in [0.4, 0.5) is 5.69 Å². The van der Waals surface area contributed by atoms with Gasteiger partial charge in [-0.2, -0.15) is 5.10 Å². The van der Waals surface area contributed by atoms with Crippen LogP contribution in [0.15, 0.2) is 6.20 Å². The number of anilines is 1. The Bertz CT molecular complexity index is 870. The molecule has 4 heterocycles. The van der Waals surface area contributed by atoms with E-state index in [0.29, 0.717) is 18.2 Å². The molecule has 7 nitrogen and oxygen atoms in total. The van der Waals surface area contributed by atoms with Crippen LogP contribution in [0.1, 0.15) is 61.5 Å². The molecule has 0 amide bonds. The molecule has 7 heteroatoms. The van der Waals surface area contributed by atoms with Crippen LogP contribution >= 0.6 is 0 Å². The number of aryl methyl sites for hydroxylation is 2. The third-order valence-electron chi connectivity index (χ3n) is 6.36. The molecule has 1 unspecified atom stereocenters. The number of carbonyl (C=O) groups excluding carboxylic acids is 1. The summed E-state index contributed by atoms with van der Waals surface area (Å²) >= 11 is 0. The number of fused-ring (bicyclic) bond motifs is 1. The summed E-state index contributed by atoms with van der Waals surface area (Å²) in [5.74, 6) is -0.294. The Kier molecular flexibility index (Phi) is 6.04. The molecule has 0 N–H and O–H groups in total. The van der Waals surface area contributed by atoms with E-state index in [1.54, 1.807) is 10.9 Å². The number of piperidine rings is 1. The summed E-state index contributed by atoms with van der Waals surface area (Å²) in [6.07, 6.45) is 9.32. The summed E-state index contributed by atoms with van der Waals surface area (Å²) in [4.78, 5) is 22.4. The number of aromatic nitrogens is 3. The first-order valence-corrected chi connectivity index (χ1v) is 11.1. The molecule has 2 aromatic rings. The van der Waals surface area contributed by atoms with E-state index in [4.69, 9.17) is 4.74 Å². The van der Waals surface area contributed by atoms with Gasteiger partial charge >= 0.3 is 5.97 Å². The molecular formula is C22H33N5O2. The number of rotatable bonds is 4. The van der Waals surface area contributed by atoms with Crippen LogP contribution in [0.3, 0.4) is 0 Å². The normalized spacial score (nSPS) is 21.3. The fourth-order valence-electron chi connectivity index (χ4n) is 5.00. The first-order valence-electron chi connectivity index (χ1n) is 11.1. The summed E-state index contributed by atoms with van der Waals surface area (Å²) in [5, 5.41) is 5.56. The summed E-state index contributed by atoms with van der Waals surface area (Å²) in [5.41, 5.74) is 3.25. The molecule has 0 bridgehead atoms. The lowest BCUT2D eigenvalue weighted by Crippen LogP contribution is -2.48. The molecule has 0 radical (unpaired) electrons. The minimum Gasteiger partial charge on any atom is -0.462 e. The molecular weight excluding hydrogens is 366 g/mol. The monoisotopic (exact) mass is 399 g/mol. The first-order chi connectivity index (χ1) is 14.1. The van der Waals surface area contributed by atoms with Gasteiger partial charge in [0.1, 0.15) is 5.56 Å². The highest BCUT2D eigenvalue weighted by Crippen LogP contribution is 2.35. The second kappa shape index (κ2) is 8.69. The second-order valence-electron chi connectivity index (χ2n) is 8.34. The van der Waals surface area contributed by atoms with Gasteiger partial charge in [-0.25, -0.2) is 9.78 Å². The van der Waals surface area contributed by atoms with Gasteiger partial charge in [-0.15, -0.1) is 0 Å². The van der Waals surface area contributed by atoms with Gasteiger partial charge in [0.15, 0.2) is 5.65 Å². The number of likely N-dealkylation sites (tertiary alicyclic amines) is 1. The number of esters is 1. The molecule has 158 valence electrons. The minimum absolute atomic E-state index is 0.294. The van der Waals surface area contributed by atoms with E-state index >= 15 is 0 Å². The lowest BCUT2D eigenvalue weighted by atomic mass is 10.0. The van der Waals surface area contributed by atoms with Gasteiger partial charge in [0, 0.05) is 32.4 Å². The van der Waals surface area contributed by atoms with Crippen molar-refractivity contribution in [3.05, 3.63) is 17.5 Å². The van der Waals surface area contributed by atoms with Crippen LogP contribution in [-0.2, 0) is 11.8 Å². The topological polar surface area (TPSA) is 63.5 Å². The molecule has 4 rings (SSSR count). The minimum atomic E-state index is -0.294. The van der Waals surface area contributed by atoms with Crippen LogP contribution in [0, 0.1) is 6.92 Å². The molecule has 2 fully saturated rings. The Morgan fingerprint density at radius 1 is 1.17 bits per heavy atom. The molecule has 1 atom stereocenters. The third-order valence-corrected chi connectivity index (χ3v) is 6.36. The average Bonchev–Trinajstić information content (AvgIpc) is 2.91. The quantitative estimate of drug-likeness (QED) is 0.735. The molecule has 29 heavy (non-hydrogen) atoms. The Labute approximate surface area is 173 Å². The lowest BCUT2D eigenvalue weighted by Gasteiger charge is -2.40. The number of hydrogen-bond donors (Lipinski definition) is 0. The summed E-state index contributed by atoms with van der Waals surface area (Å²) in [6, 6.07) is 0.539. The highest BCUT2D eigenvalue weighted by molar-refractivity contribution is 6.05. The molecule has 2 saturated heterocycles. The zero-order valence-electron chi connectivity index (χ0n) is 18.0. The first kappa shape index (κ1) is 20.1. The van der Waals surface area contributed by atoms with Crippen molar-refractivity contribution in [2.24, 2.45) is 7.05 Å². The van der Waals surface area contributed by atoms with Crippen LogP contribution < -0.4 is 4.90 Å². The van der Waals surface area contributed by atoms with Gasteiger partial charge in [0.25, 0.3) is 0 Å². The predicted molar refractivity (Wildman–Crippen MR) is 114 cm³/mol. The van der Waals surface area contributed by atoms with Gasteiger partial charge in [0.2, 0.25) is 0 Å². The van der Waals surface area contributed by atoms with E-state index in [-0.39, 0.29) is 5.97 Å². The largest absolute Gasteiger partial charge is 0.462 e. The van der Waals surface area contributed by atoms with Crippen molar-refractivity contribution in [3.63, 3.8) is 0 Å². The second-order valence-corrected chi connectivity index (χ2v) is 8.34. The molecule has 2 aliphatic rings. The van der Waals surface area contributed by atoms with E-state index in [1.807, 2.05) is 20.9 Å². The Balaban J connectivity index is 1.72. The summed E-state index contributed by atoms with van der Waals surface area (Å²) in [7, 11) is 1.91. The van der Waals surface area contributed by atoms with Crippen molar-refractivity contribution in [1.29, 1.82) is 0 Å². The van der Waals surface area contributed by atoms with Crippen LogP contribution in [0.2, 0.25) is 0 Å². The van der Waals surface area contributed by atoms with Crippen molar-refractivity contribution in [3.8, 4) is 0 Å². The van der Waals surface area contributed by atoms with Crippen LogP contribution in [0.25, 0.3) is 11.0 Å². The maximum atomic E-state index is 12.8. The SMILES string of the molecule is CCOC(=O)c1cnc2c(c(C)nn2C)c1N1CCCC(N2CCCCCC2)C1. The van der Waals surface area contributed by atoms with E-state index in [0.717, 1.165) is 41.9 Å². The highest BCUT2D eigenvalue weighted by atomic mass is 16.5. The Hall–Kier alpha value is -2.15. The number of hydrogen-bond acceptors (Lipinski definition) is 6. The van der Waals surface area contributed by atoms with E-state index in [1.165, 1.54) is 45.2 Å².